The summed E-state index contributed by atoms with van der Waals surface area (Å²) in [5.74, 6) is 1.27. The highest BCUT2D eigenvalue weighted by atomic mass is 35.5. The summed E-state index contributed by atoms with van der Waals surface area (Å²) in [5, 5.41) is 2.48. The number of urea groups is 1. The van der Waals surface area contributed by atoms with Crippen LogP contribution in [0.25, 0.3) is 6.08 Å². The predicted octanol–water partition coefficient (Wildman–Crippen LogP) is 3.70. The van der Waals surface area contributed by atoms with Gasteiger partial charge in [-0.3, -0.25) is 14.9 Å². The van der Waals surface area contributed by atoms with Gasteiger partial charge in [0.2, 0.25) is 0 Å². The minimum atomic E-state index is -0.969. The number of halogens is 2. The SMILES string of the molecule is C#CCOc1c(Cl)cc(/C=C2\C(=O)NC(=O)N(c3cc(OC)c(Cl)cc3OC)C2=O)cc1OC. The van der Waals surface area contributed by atoms with E-state index in [1.807, 2.05) is 0 Å². The van der Waals surface area contributed by atoms with E-state index in [9.17, 15) is 14.4 Å². The van der Waals surface area contributed by atoms with E-state index in [1.54, 1.807) is 0 Å². The van der Waals surface area contributed by atoms with Gasteiger partial charge in [-0.2, -0.15) is 0 Å². The lowest BCUT2D eigenvalue weighted by Gasteiger charge is -2.28. The fourth-order valence-corrected chi connectivity index (χ4v) is 3.64. The number of carbonyl (C=O) groups is 3. The van der Waals surface area contributed by atoms with Gasteiger partial charge in [0.05, 0.1) is 37.1 Å². The maximum Gasteiger partial charge on any atom is 0.336 e. The Hall–Kier alpha value is -3.87. The Morgan fingerprint density at radius 1 is 0.971 bits per heavy atom. The lowest BCUT2D eigenvalue weighted by molar-refractivity contribution is -0.122. The van der Waals surface area contributed by atoms with Crippen molar-refractivity contribution < 1.29 is 33.3 Å². The Balaban J connectivity index is 2.09. The average molecular weight is 505 g/mol. The highest BCUT2D eigenvalue weighted by molar-refractivity contribution is 6.40. The van der Waals surface area contributed by atoms with Crippen molar-refractivity contribution in [2.24, 2.45) is 0 Å². The molecule has 0 atom stereocenters. The standard InChI is InChI=1S/C23H18Cl2N2O7/c1-5-6-34-20-15(25)8-12(9-19(20)33-4)7-13-21(28)26-23(30)27(22(13)29)16-11-17(31-2)14(24)10-18(16)32-3/h1,7-11H,6H2,2-4H3,(H,26,28,30)/b13-7+. The molecule has 1 aliphatic rings. The van der Waals surface area contributed by atoms with E-state index in [4.69, 9.17) is 48.6 Å². The van der Waals surface area contributed by atoms with Crippen molar-refractivity contribution >= 4 is 52.8 Å². The molecule has 34 heavy (non-hydrogen) atoms. The Labute approximate surface area is 205 Å². The number of terminal acetylenes is 1. The zero-order chi connectivity index (χ0) is 25.0. The summed E-state index contributed by atoms with van der Waals surface area (Å²) >= 11 is 12.4. The number of rotatable bonds is 7. The van der Waals surface area contributed by atoms with E-state index in [0.717, 1.165) is 4.90 Å². The van der Waals surface area contributed by atoms with Gasteiger partial charge >= 0.3 is 6.03 Å². The molecule has 0 aromatic heterocycles. The van der Waals surface area contributed by atoms with Crippen LogP contribution in [-0.2, 0) is 9.59 Å². The first-order chi connectivity index (χ1) is 16.2. The van der Waals surface area contributed by atoms with Gasteiger partial charge in [-0.15, -0.1) is 6.42 Å². The molecule has 1 saturated heterocycles. The van der Waals surface area contributed by atoms with E-state index in [1.165, 1.54) is 51.7 Å². The molecule has 2 aromatic carbocycles. The lowest BCUT2D eigenvalue weighted by atomic mass is 10.1. The highest BCUT2D eigenvalue weighted by Crippen LogP contribution is 2.40. The smallest absolute Gasteiger partial charge is 0.336 e. The number of methoxy groups -OCH3 is 3. The molecule has 9 nitrogen and oxygen atoms in total. The Morgan fingerprint density at radius 2 is 1.65 bits per heavy atom. The van der Waals surface area contributed by atoms with Gasteiger partial charge in [-0.25, -0.2) is 9.69 Å². The number of carbonyl (C=O) groups excluding carboxylic acids is 3. The monoisotopic (exact) mass is 504 g/mol. The molecule has 0 saturated carbocycles. The van der Waals surface area contributed by atoms with Crippen LogP contribution in [-0.4, -0.2) is 45.8 Å². The van der Waals surface area contributed by atoms with Crippen LogP contribution in [0.1, 0.15) is 5.56 Å². The van der Waals surface area contributed by atoms with E-state index in [0.29, 0.717) is 5.56 Å². The summed E-state index contributed by atoms with van der Waals surface area (Å²) in [4.78, 5) is 39.2. The molecule has 0 unspecified atom stereocenters. The van der Waals surface area contributed by atoms with Gasteiger partial charge in [0.1, 0.15) is 23.7 Å². The average Bonchev–Trinajstić information content (AvgIpc) is 2.81. The number of nitrogens with zero attached hydrogens (tertiary/aromatic N) is 1. The van der Waals surface area contributed by atoms with Crippen molar-refractivity contribution in [2.75, 3.05) is 32.8 Å². The van der Waals surface area contributed by atoms with Crippen molar-refractivity contribution in [1.29, 1.82) is 0 Å². The molecule has 0 bridgehead atoms. The second-order valence-corrected chi connectivity index (χ2v) is 7.46. The molecule has 1 aliphatic heterocycles. The summed E-state index contributed by atoms with van der Waals surface area (Å²) in [7, 11) is 4.11. The van der Waals surface area contributed by atoms with Crippen molar-refractivity contribution in [1.82, 2.24) is 5.32 Å². The fraction of sp³-hybridized carbons (Fsp3) is 0.174. The zero-order valence-corrected chi connectivity index (χ0v) is 19.7. The number of barbiturate groups is 1. The second kappa shape index (κ2) is 10.4. The maximum atomic E-state index is 13.3. The summed E-state index contributed by atoms with van der Waals surface area (Å²) in [6, 6.07) is 4.72. The molecular weight excluding hydrogens is 487 g/mol. The molecule has 0 spiro atoms. The first kappa shape index (κ1) is 24.8. The molecule has 1 N–H and O–H groups in total. The molecule has 1 heterocycles. The number of hydrogen-bond acceptors (Lipinski definition) is 7. The van der Waals surface area contributed by atoms with Crippen molar-refractivity contribution in [3.63, 3.8) is 0 Å². The number of hydrogen-bond donors (Lipinski definition) is 1. The number of imide groups is 2. The molecule has 3 rings (SSSR count). The maximum absolute atomic E-state index is 13.3. The Bertz CT molecular complexity index is 1250. The van der Waals surface area contributed by atoms with Gasteiger partial charge in [0.15, 0.2) is 11.5 Å². The van der Waals surface area contributed by atoms with Crippen LogP contribution in [0.5, 0.6) is 23.0 Å². The predicted molar refractivity (Wildman–Crippen MR) is 126 cm³/mol. The number of ether oxygens (including phenoxy) is 4. The van der Waals surface area contributed by atoms with E-state index in [2.05, 4.69) is 11.2 Å². The first-order valence-corrected chi connectivity index (χ1v) is 10.3. The fourth-order valence-electron chi connectivity index (χ4n) is 3.14. The first-order valence-electron chi connectivity index (χ1n) is 9.52. The van der Waals surface area contributed by atoms with Crippen molar-refractivity contribution in [2.45, 2.75) is 0 Å². The molecule has 11 heteroatoms. The minimum absolute atomic E-state index is 0.0262. The summed E-state index contributed by atoms with van der Waals surface area (Å²) in [6.45, 7) is -0.0408. The molecule has 4 amide bonds. The van der Waals surface area contributed by atoms with Crippen LogP contribution in [0.3, 0.4) is 0 Å². The molecule has 2 aromatic rings. The topological polar surface area (TPSA) is 103 Å². The summed E-state index contributed by atoms with van der Waals surface area (Å²) in [6.07, 6.45) is 6.47. The Morgan fingerprint density at radius 3 is 2.26 bits per heavy atom. The number of amides is 4. The molecule has 0 aliphatic carbocycles. The van der Waals surface area contributed by atoms with Gasteiger partial charge in [-0.1, -0.05) is 29.1 Å². The van der Waals surface area contributed by atoms with Crippen molar-refractivity contribution in [3.8, 4) is 35.3 Å². The van der Waals surface area contributed by atoms with Gasteiger partial charge in [0, 0.05) is 12.1 Å². The third-order valence-corrected chi connectivity index (χ3v) is 5.23. The van der Waals surface area contributed by atoms with E-state index >= 15 is 0 Å². The molecular formula is C23H18Cl2N2O7. The van der Waals surface area contributed by atoms with Crippen LogP contribution >= 0.6 is 23.2 Å². The number of anilines is 1. The highest BCUT2D eigenvalue weighted by Gasteiger charge is 2.38. The summed E-state index contributed by atoms with van der Waals surface area (Å²) < 4.78 is 21.1. The second-order valence-electron chi connectivity index (χ2n) is 6.64. The molecule has 1 fully saturated rings. The van der Waals surface area contributed by atoms with Crippen LogP contribution in [0.2, 0.25) is 10.0 Å². The molecule has 0 radical (unpaired) electrons. The van der Waals surface area contributed by atoms with Gasteiger partial charge < -0.3 is 18.9 Å². The normalized spacial score (nSPS) is 14.5. The van der Waals surface area contributed by atoms with Crippen LogP contribution in [0.15, 0.2) is 29.8 Å². The minimum Gasteiger partial charge on any atom is -0.495 e. The molecule has 176 valence electrons. The summed E-state index contributed by atoms with van der Waals surface area (Å²) in [5.41, 5.74) is 0.0210. The number of nitrogens with one attached hydrogen (secondary N) is 1. The van der Waals surface area contributed by atoms with Crippen LogP contribution in [0.4, 0.5) is 10.5 Å². The quantitative estimate of drug-likeness (QED) is 0.348. The van der Waals surface area contributed by atoms with Gasteiger partial charge in [0.25, 0.3) is 11.8 Å². The number of benzene rings is 2. The zero-order valence-electron chi connectivity index (χ0n) is 18.2. The van der Waals surface area contributed by atoms with E-state index < -0.39 is 17.8 Å². The van der Waals surface area contributed by atoms with Crippen LogP contribution < -0.4 is 29.2 Å². The van der Waals surface area contributed by atoms with Crippen molar-refractivity contribution in [3.05, 3.63) is 45.4 Å². The Kier molecular flexibility index (Phi) is 7.56. The largest absolute Gasteiger partial charge is 0.495 e. The van der Waals surface area contributed by atoms with E-state index in [-0.39, 0.29) is 50.9 Å². The third kappa shape index (κ3) is 4.73. The third-order valence-electron chi connectivity index (χ3n) is 4.66. The van der Waals surface area contributed by atoms with Gasteiger partial charge in [-0.05, 0) is 23.8 Å². The lowest BCUT2D eigenvalue weighted by Crippen LogP contribution is -2.54. The van der Waals surface area contributed by atoms with Crippen LogP contribution in [0, 0.1) is 12.3 Å².